The second kappa shape index (κ2) is 10.5. The number of benzene rings is 1. The summed E-state index contributed by atoms with van der Waals surface area (Å²) in [7, 11) is 0. The topological polar surface area (TPSA) is 47.9 Å². The molecular weight excluding hydrogens is 316 g/mol. The molecular formula is C21H32O4. The summed E-state index contributed by atoms with van der Waals surface area (Å²) in [6.45, 7) is 4.12. The van der Waals surface area contributed by atoms with Gasteiger partial charge in [0.15, 0.2) is 6.79 Å². The van der Waals surface area contributed by atoms with Gasteiger partial charge in [-0.05, 0) is 62.4 Å². The Morgan fingerprint density at radius 1 is 1.24 bits per heavy atom. The molecule has 1 heterocycles. The highest BCUT2D eigenvalue weighted by molar-refractivity contribution is 5.42. The van der Waals surface area contributed by atoms with Crippen LogP contribution in [0, 0.1) is 0 Å². The monoisotopic (exact) mass is 348 g/mol. The van der Waals surface area contributed by atoms with Crippen LogP contribution in [0.4, 0.5) is 0 Å². The molecule has 1 aromatic rings. The highest BCUT2D eigenvalue weighted by Gasteiger charge is 2.29. The number of hydrogen-bond donors (Lipinski definition) is 1. The Morgan fingerprint density at radius 2 is 2.08 bits per heavy atom. The van der Waals surface area contributed by atoms with Crippen LogP contribution < -0.4 is 9.47 Å². The predicted octanol–water partition coefficient (Wildman–Crippen LogP) is 4.99. The van der Waals surface area contributed by atoms with Crippen molar-refractivity contribution in [1.82, 2.24) is 0 Å². The number of hydrogen-bond acceptors (Lipinski definition) is 4. The lowest BCUT2D eigenvalue weighted by molar-refractivity contribution is -0.0654. The van der Waals surface area contributed by atoms with E-state index in [1.54, 1.807) is 0 Å². The van der Waals surface area contributed by atoms with Gasteiger partial charge in [0, 0.05) is 0 Å². The van der Waals surface area contributed by atoms with Crippen LogP contribution in [0.15, 0.2) is 30.4 Å². The molecule has 1 aliphatic rings. The van der Waals surface area contributed by atoms with Gasteiger partial charge in [0.25, 0.3) is 0 Å². The van der Waals surface area contributed by atoms with E-state index in [1.165, 1.54) is 32.1 Å². The molecule has 0 spiro atoms. The third kappa shape index (κ3) is 6.71. The van der Waals surface area contributed by atoms with Gasteiger partial charge in [0.05, 0.1) is 0 Å². The zero-order chi connectivity index (χ0) is 18.0. The molecule has 0 aliphatic carbocycles. The zero-order valence-corrected chi connectivity index (χ0v) is 15.6. The maximum atomic E-state index is 8.61. The van der Waals surface area contributed by atoms with Crippen LogP contribution in [0.5, 0.6) is 11.5 Å². The summed E-state index contributed by atoms with van der Waals surface area (Å²) in [6.07, 6.45) is 14.1. The highest BCUT2D eigenvalue weighted by Crippen LogP contribution is 2.36. The lowest BCUT2D eigenvalue weighted by Gasteiger charge is -2.33. The van der Waals surface area contributed by atoms with Crippen molar-refractivity contribution >= 4 is 0 Å². The number of aliphatic hydroxyl groups excluding tert-OH is 1. The first-order chi connectivity index (χ1) is 12.2. The summed E-state index contributed by atoms with van der Waals surface area (Å²) in [6, 6.07) is 5.83. The smallest absolute Gasteiger partial charge is 0.191 e. The Bertz CT molecular complexity index is 541. The Hall–Kier alpha value is -1.52. The highest BCUT2D eigenvalue weighted by atomic mass is 16.7. The first kappa shape index (κ1) is 19.8. The summed E-state index contributed by atoms with van der Waals surface area (Å²) in [4.78, 5) is 0. The molecule has 1 aliphatic heterocycles. The van der Waals surface area contributed by atoms with Gasteiger partial charge >= 0.3 is 0 Å². The molecule has 140 valence electrons. The number of unbranched alkanes of at least 4 members (excludes halogenated alkanes) is 5. The van der Waals surface area contributed by atoms with Gasteiger partial charge in [0.2, 0.25) is 0 Å². The Labute approximate surface area is 151 Å². The normalized spacial score (nSPS) is 19.6. The minimum absolute atomic E-state index is 0.0504. The average molecular weight is 348 g/mol. The van der Waals surface area contributed by atoms with E-state index in [4.69, 9.17) is 19.3 Å². The Morgan fingerprint density at radius 3 is 2.88 bits per heavy atom. The van der Waals surface area contributed by atoms with E-state index < -0.39 is 0 Å². The van der Waals surface area contributed by atoms with E-state index in [1.807, 2.05) is 18.2 Å². The molecule has 0 amide bonds. The molecule has 0 saturated heterocycles. The van der Waals surface area contributed by atoms with Crippen molar-refractivity contribution in [3.05, 3.63) is 35.9 Å². The molecule has 4 heteroatoms. The maximum Gasteiger partial charge on any atom is 0.191 e. The van der Waals surface area contributed by atoms with Crippen LogP contribution in [0.25, 0.3) is 0 Å². The Kier molecular flexibility index (Phi) is 8.29. The second-order valence-electron chi connectivity index (χ2n) is 6.88. The summed E-state index contributed by atoms with van der Waals surface area (Å²) in [5.41, 5.74) is 0.936. The second-order valence-corrected chi connectivity index (χ2v) is 6.88. The van der Waals surface area contributed by atoms with Crippen molar-refractivity contribution in [2.75, 3.05) is 13.6 Å². The minimum atomic E-state index is -0.336. The summed E-state index contributed by atoms with van der Waals surface area (Å²) in [5, 5.41) is 8.61. The lowest BCUT2D eigenvalue weighted by Crippen LogP contribution is -2.34. The van der Waals surface area contributed by atoms with Gasteiger partial charge in [-0.3, -0.25) is 0 Å². The van der Waals surface area contributed by atoms with Gasteiger partial charge in [0.1, 0.15) is 23.9 Å². The standard InChI is InChI=1S/C21H32O4/c1-3-4-5-6-7-8-9-13-21(2)14-12-18-15-19(24-17-23-16-22)10-11-20(18)25-21/h9-11,13,15,22H,3-8,12,14,16-17H2,1-2H3/b13-9+. The van der Waals surface area contributed by atoms with Crippen LogP contribution in [-0.2, 0) is 11.2 Å². The Balaban J connectivity index is 1.82. The number of allylic oxidation sites excluding steroid dienone is 1. The van der Waals surface area contributed by atoms with E-state index in [9.17, 15) is 0 Å². The third-order valence-corrected chi connectivity index (χ3v) is 4.61. The fourth-order valence-corrected chi connectivity index (χ4v) is 3.09. The predicted molar refractivity (Wildman–Crippen MR) is 100.0 cm³/mol. The van der Waals surface area contributed by atoms with Crippen molar-refractivity contribution < 1.29 is 19.3 Å². The van der Waals surface area contributed by atoms with Crippen molar-refractivity contribution in [2.45, 2.75) is 70.8 Å². The molecule has 0 fully saturated rings. The van der Waals surface area contributed by atoms with Crippen LogP contribution >= 0.6 is 0 Å². The fourth-order valence-electron chi connectivity index (χ4n) is 3.09. The molecule has 1 atom stereocenters. The maximum absolute atomic E-state index is 8.61. The summed E-state index contributed by atoms with van der Waals surface area (Å²) in [5.74, 6) is 1.67. The number of aryl methyl sites for hydroxylation is 1. The largest absolute Gasteiger partial charge is 0.483 e. The average Bonchev–Trinajstić information content (AvgIpc) is 2.61. The number of rotatable bonds is 11. The molecule has 0 bridgehead atoms. The van der Waals surface area contributed by atoms with E-state index in [-0.39, 0.29) is 19.2 Å². The van der Waals surface area contributed by atoms with E-state index in [0.29, 0.717) is 0 Å². The molecule has 1 unspecified atom stereocenters. The molecule has 0 aromatic heterocycles. The SMILES string of the molecule is CCCCCCC/C=C/C1(C)CCc2cc(OCOCO)ccc2O1. The van der Waals surface area contributed by atoms with Crippen molar-refractivity contribution in [1.29, 1.82) is 0 Å². The lowest BCUT2D eigenvalue weighted by atomic mass is 9.91. The number of aliphatic hydroxyl groups is 1. The molecule has 2 rings (SSSR count). The van der Waals surface area contributed by atoms with E-state index in [0.717, 1.165) is 36.3 Å². The summed E-state index contributed by atoms with van der Waals surface area (Å²) >= 11 is 0. The minimum Gasteiger partial charge on any atom is -0.483 e. The van der Waals surface area contributed by atoms with Gasteiger partial charge in [-0.1, -0.05) is 38.7 Å². The number of ether oxygens (including phenoxy) is 3. The fraction of sp³-hybridized carbons (Fsp3) is 0.619. The molecule has 0 saturated carbocycles. The van der Waals surface area contributed by atoms with Crippen LogP contribution in [0.3, 0.4) is 0 Å². The first-order valence-electron chi connectivity index (χ1n) is 9.48. The van der Waals surface area contributed by atoms with Crippen molar-refractivity contribution in [3.8, 4) is 11.5 Å². The molecule has 4 nitrogen and oxygen atoms in total. The molecule has 25 heavy (non-hydrogen) atoms. The summed E-state index contributed by atoms with van der Waals surface area (Å²) < 4.78 is 16.5. The van der Waals surface area contributed by atoms with Gasteiger partial charge < -0.3 is 19.3 Å². The first-order valence-corrected chi connectivity index (χ1v) is 9.48. The van der Waals surface area contributed by atoms with Gasteiger partial charge in [-0.2, -0.15) is 0 Å². The number of fused-ring (bicyclic) bond motifs is 1. The molecule has 1 aromatic carbocycles. The third-order valence-electron chi connectivity index (χ3n) is 4.61. The molecule has 0 radical (unpaired) electrons. The molecule has 1 N–H and O–H groups in total. The van der Waals surface area contributed by atoms with Crippen LogP contribution in [0.1, 0.15) is 64.4 Å². The van der Waals surface area contributed by atoms with Crippen LogP contribution in [0.2, 0.25) is 0 Å². The van der Waals surface area contributed by atoms with Gasteiger partial charge in [-0.25, -0.2) is 0 Å². The van der Waals surface area contributed by atoms with Gasteiger partial charge in [-0.15, -0.1) is 0 Å². The van der Waals surface area contributed by atoms with E-state index in [2.05, 4.69) is 26.0 Å². The zero-order valence-electron chi connectivity index (χ0n) is 15.6. The van der Waals surface area contributed by atoms with Crippen LogP contribution in [-0.4, -0.2) is 24.3 Å². The quantitative estimate of drug-likeness (QED) is 0.348. The van der Waals surface area contributed by atoms with Crippen molar-refractivity contribution in [2.24, 2.45) is 0 Å². The van der Waals surface area contributed by atoms with Crippen molar-refractivity contribution in [3.63, 3.8) is 0 Å². The van der Waals surface area contributed by atoms with E-state index >= 15 is 0 Å².